The highest BCUT2D eigenvalue weighted by Crippen LogP contribution is 2.32. The number of H-pyrrole nitrogens is 1. The molecule has 0 unspecified atom stereocenters. The molecule has 1 saturated carbocycles. The first-order valence-corrected chi connectivity index (χ1v) is 9.29. The molecule has 1 amide bonds. The summed E-state index contributed by atoms with van der Waals surface area (Å²) < 4.78 is 15.0. The number of carbonyl (C=O) groups is 1. The molecule has 0 saturated heterocycles. The summed E-state index contributed by atoms with van der Waals surface area (Å²) in [5, 5.41) is 3.71. The fourth-order valence-electron chi connectivity index (χ4n) is 2.62. The molecule has 0 spiro atoms. The van der Waals surface area contributed by atoms with Crippen LogP contribution >= 0.6 is 22.6 Å². The SMILES string of the molecule is O=C(NOCC1CC1)c1[nH]c2ccncc2c1Nc1ccc(I)cc1F. The molecule has 2 aromatic heterocycles. The predicted molar refractivity (Wildman–Crippen MR) is 105 cm³/mol. The molecule has 3 N–H and O–H groups in total. The largest absolute Gasteiger partial charge is 0.351 e. The van der Waals surface area contributed by atoms with Gasteiger partial charge in [-0.1, -0.05) is 0 Å². The second kappa shape index (κ2) is 7.20. The lowest BCUT2D eigenvalue weighted by Crippen LogP contribution is -2.25. The molecule has 0 atom stereocenters. The Balaban J connectivity index is 1.65. The van der Waals surface area contributed by atoms with E-state index in [2.05, 4.69) is 20.8 Å². The van der Waals surface area contributed by atoms with E-state index in [1.54, 1.807) is 30.6 Å². The highest BCUT2D eigenvalue weighted by atomic mass is 127. The van der Waals surface area contributed by atoms with Gasteiger partial charge in [-0.2, -0.15) is 0 Å². The fourth-order valence-corrected chi connectivity index (χ4v) is 3.07. The minimum atomic E-state index is -0.421. The lowest BCUT2D eigenvalue weighted by atomic mass is 10.2. The van der Waals surface area contributed by atoms with E-state index < -0.39 is 11.7 Å². The number of benzene rings is 1. The maximum absolute atomic E-state index is 14.3. The van der Waals surface area contributed by atoms with E-state index in [0.29, 0.717) is 23.6 Å². The quantitative estimate of drug-likeness (QED) is 0.377. The van der Waals surface area contributed by atoms with E-state index in [0.717, 1.165) is 21.9 Å². The van der Waals surface area contributed by atoms with Gasteiger partial charge in [-0.3, -0.25) is 14.6 Å². The normalized spacial score (nSPS) is 13.8. The van der Waals surface area contributed by atoms with E-state index in [1.807, 2.05) is 22.6 Å². The van der Waals surface area contributed by atoms with Gasteiger partial charge in [0.25, 0.3) is 5.91 Å². The number of fused-ring (bicyclic) bond motifs is 1. The Bertz CT molecular complexity index is 971. The molecule has 0 aliphatic heterocycles. The third-order valence-corrected chi connectivity index (χ3v) is 4.87. The van der Waals surface area contributed by atoms with Gasteiger partial charge in [0.15, 0.2) is 0 Å². The lowest BCUT2D eigenvalue weighted by Gasteiger charge is -2.10. The first-order valence-electron chi connectivity index (χ1n) is 8.21. The Labute approximate surface area is 162 Å². The van der Waals surface area contributed by atoms with Crippen molar-refractivity contribution < 1.29 is 14.0 Å². The van der Waals surface area contributed by atoms with Crippen molar-refractivity contribution in [3.05, 3.63) is 51.7 Å². The van der Waals surface area contributed by atoms with Gasteiger partial charge in [-0.15, -0.1) is 0 Å². The van der Waals surface area contributed by atoms with Gasteiger partial charge < -0.3 is 10.3 Å². The molecular weight excluding hydrogens is 450 g/mol. The molecule has 0 radical (unpaired) electrons. The van der Waals surface area contributed by atoms with Crippen LogP contribution in [0.25, 0.3) is 10.9 Å². The molecule has 6 nitrogen and oxygen atoms in total. The summed E-state index contributed by atoms with van der Waals surface area (Å²) in [6.45, 7) is 0.502. The van der Waals surface area contributed by atoms with Crippen LogP contribution in [-0.4, -0.2) is 22.5 Å². The van der Waals surface area contributed by atoms with E-state index in [-0.39, 0.29) is 11.4 Å². The number of aromatic nitrogens is 2. The monoisotopic (exact) mass is 466 g/mol. The molecule has 1 fully saturated rings. The van der Waals surface area contributed by atoms with Crippen LogP contribution in [0.2, 0.25) is 0 Å². The number of nitrogens with zero attached hydrogens (tertiary/aromatic N) is 1. The van der Waals surface area contributed by atoms with E-state index in [1.165, 1.54) is 6.07 Å². The van der Waals surface area contributed by atoms with Gasteiger partial charge in [0.1, 0.15) is 11.5 Å². The maximum atomic E-state index is 14.3. The second-order valence-corrected chi connectivity index (χ2v) is 7.48. The number of pyridine rings is 1. The van der Waals surface area contributed by atoms with Crippen LogP contribution in [0.4, 0.5) is 15.8 Å². The predicted octanol–water partition coefficient (Wildman–Crippen LogP) is 4.12. The first kappa shape index (κ1) is 17.2. The van der Waals surface area contributed by atoms with Crippen LogP contribution in [0.3, 0.4) is 0 Å². The number of halogens is 2. The van der Waals surface area contributed by atoms with Crippen molar-refractivity contribution >= 4 is 50.8 Å². The highest BCUT2D eigenvalue weighted by molar-refractivity contribution is 14.1. The van der Waals surface area contributed by atoms with E-state index in [4.69, 9.17) is 4.84 Å². The van der Waals surface area contributed by atoms with Crippen molar-refractivity contribution in [3.8, 4) is 0 Å². The Morgan fingerprint density at radius 2 is 2.23 bits per heavy atom. The van der Waals surface area contributed by atoms with Crippen LogP contribution in [0, 0.1) is 15.3 Å². The highest BCUT2D eigenvalue weighted by Gasteiger charge is 2.23. The first-order chi connectivity index (χ1) is 12.6. The van der Waals surface area contributed by atoms with Crippen LogP contribution in [0.1, 0.15) is 23.3 Å². The number of carbonyl (C=O) groups excluding carboxylic acids is 1. The van der Waals surface area contributed by atoms with Gasteiger partial charge >= 0.3 is 0 Å². The Morgan fingerprint density at radius 3 is 3.00 bits per heavy atom. The van der Waals surface area contributed by atoms with Gasteiger partial charge in [-0.05, 0) is 65.6 Å². The third kappa shape index (κ3) is 3.65. The van der Waals surface area contributed by atoms with Crippen molar-refractivity contribution in [2.24, 2.45) is 5.92 Å². The average Bonchev–Trinajstić information content (AvgIpc) is 3.37. The number of hydrogen-bond acceptors (Lipinski definition) is 4. The minimum absolute atomic E-state index is 0.266. The summed E-state index contributed by atoms with van der Waals surface area (Å²) in [4.78, 5) is 25.0. The molecule has 2 heterocycles. The zero-order chi connectivity index (χ0) is 18.1. The second-order valence-electron chi connectivity index (χ2n) is 6.23. The molecule has 1 aliphatic rings. The molecule has 0 bridgehead atoms. The van der Waals surface area contributed by atoms with Crippen molar-refractivity contribution in [2.45, 2.75) is 12.8 Å². The molecular formula is C18H16FIN4O2. The summed E-state index contributed by atoms with van der Waals surface area (Å²) in [6.07, 6.45) is 5.51. The van der Waals surface area contributed by atoms with Crippen molar-refractivity contribution in [1.29, 1.82) is 0 Å². The molecule has 1 aromatic carbocycles. The number of hydroxylamine groups is 1. The number of aromatic amines is 1. The van der Waals surface area contributed by atoms with Crippen LogP contribution in [-0.2, 0) is 4.84 Å². The zero-order valence-electron chi connectivity index (χ0n) is 13.7. The smallest absolute Gasteiger partial charge is 0.293 e. The average molecular weight is 466 g/mol. The Morgan fingerprint density at radius 1 is 1.38 bits per heavy atom. The third-order valence-electron chi connectivity index (χ3n) is 4.20. The number of hydrogen-bond donors (Lipinski definition) is 3. The van der Waals surface area contributed by atoms with Crippen LogP contribution < -0.4 is 10.8 Å². The number of anilines is 2. The lowest BCUT2D eigenvalue weighted by molar-refractivity contribution is 0.0267. The van der Waals surface area contributed by atoms with Crippen molar-refractivity contribution in [3.63, 3.8) is 0 Å². The Kier molecular flexibility index (Phi) is 4.77. The summed E-state index contributed by atoms with van der Waals surface area (Å²) >= 11 is 2.04. The number of amides is 1. The van der Waals surface area contributed by atoms with E-state index in [9.17, 15) is 9.18 Å². The topological polar surface area (TPSA) is 79.0 Å². The van der Waals surface area contributed by atoms with Crippen LogP contribution in [0.5, 0.6) is 0 Å². The summed E-state index contributed by atoms with van der Waals surface area (Å²) in [5.74, 6) is -0.289. The van der Waals surface area contributed by atoms with Gasteiger partial charge in [-0.25, -0.2) is 9.87 Å². The van der Waals surface area contributed by atoms with Gasteiger partial charge in [0, 0.05) is 21.4 Å². The summed E-state index contributed by atoms with van der Waals surface area (Å²) in [5.41, 5.74) is 4.18. The Hall–Kier alpha value is -2.20. The van der Waals surface area contributed by atoms with Crippen molar-refractivity contribution in [2.75, 3.05) is 11.9 Å². The van der Waals surface area contributed by atoms with E-state index >= 15 is 0 Å². The number of nitrogens with one attached hydrogen (secondary N) is 3. The maximum Gasteiger partial charge on any atom is 0.293 e. The number of rotatable bonds is 6. The van der Waals surface area contributed by atoms with Crippen molar-refractivity contribution in [1.82, 2.24) is 15.4 Å². The summed E-state index contributed by atoms with van der Waals surface area (Å²) in [7, 11) is 0. The van der Waals surface area contributed by atoms with Gasteiger partial charge in [0.2, 0.25) is 0 Å². The molecule has 1 aliphatic carbocycles. The molecule has 134 valence electrons. The molecule has 26 heavy (non-hydrogen) atoms. The molecule has 4 rings (SSSR count). The molecule has 8 heteroatoms. The fraction of sp³-hybridized carbons (Fsp3) is 0.222. The van der Waals surface area contributed by atoms with Gasteiger partial charge in [0.05, 0.1) is 23.5 Å². The minimum Gasteiger partial charge on any atom is -0.351 e. The summed E-state index contributed by atoms with van der Waals surface area (Å²) in [6, 6.07) is 6.61. The standard InChI is InChI=1S/C18H16FIN4O2/c19-13-7-11(20)3-4-15(13)23-16-12-8-21-6-5-14(12)22-17(16)18(25)24-26-9-10-1-2-10/h3-8,10,22-23H,1-2,9H2,(H,24,25). The molecule has 3 aromatic rings. The zero-order valence-corrected chi connectivity index (χ0v) is 15.8. The van der Waals surface area contributed by atoms with Crippen LogP contribution in [0.15, 0.2) is 36.7 Å².